The Bertz CT molecular complexity index is 588. The van der Waals surface area contributed by atoms with E-state index in [0.717, 1.165) is 25.9 Å². The van der Waals surface area contributed by atoms with Crippen LogP contribution in [0.15, 0.2) is 18.2 Å². The molecule has 0 aromatic heterocycles. The lowest BCUT2D eigenvalue weighted by Gasteiger charge is -2.22. The second kappa shape index (κ2) is 6.81. The van der Waals surface area contributed by atoms with Crippen LogP contribution in [0.5, 0.6) is 0 Å². The number of anilines is 1. The van der Waals surface area contributed by atoms with Gasteiger partial charge in [0.1, 0.15) is 6.07 Å². The maximum atomic E-state index is 12.0. The maximum Gasteiger partial charge on any atom is 0.270 e. The van der Waals surface area contributed by atoms with Gasteiger partial charge >= 0.3 is 0 Å². The predicted molar refractivity (Wildman–Crippen MR) is 76.7 cm³/mol. The molecule has 2 rings (SSSR count). The fourth-order valence-electron chi connectivity index (χ4n) is 2.40. The number of carbonyl (C=O) groups excluding carboxylic acids is 1. The van der Waals surface area contributed by atoms with Crippen molar-refractivity contribution in [1.29, 1.82) is 5.26 Å². The fourth-order valence-corrected chi connectivity index (χ4v) is 2.40. The van der Waals surface area contributed by atoms with Crippen molar-refractivity contribution in [2.75, 3.05) is 18.4 Å². The molecule has 110 valence electrons. The largest absolute Gasteiger partial charge is 0.325 e. The zero-order chi connectivity index (χ0) is 15.2. The third-order valence-electron chi connectivity index (χ3n) is 3.54. The molecule has 0 bridgehead atoms. The second-order valence-corrected chi connectivity index (χ2v) is 5.04. The van der Waals surface area contributed by atoms with Crippen LogP contribution in [0.25, 0.3) is 0 Å². The third kappa shape index (κ3) is 4.00. The van der Waals surface area contributed by atoms with Crippen molar-refractivity contribution in [1.82, 2.24) is 5.32 Å². The van der Waals surface area contributed by atoms with Crippen LogP contribution >= 0.6 is 0 Å². The van der Waals surface area contributed by atoms with Gasteiger partial charge in [-0.1, -0.05) is 0 Å². The molecular weight excluding hydrogens is 272 g/mol. The minimum Gasteiger partial charge on any atom is -0.325 e. The van der Waals surface area contributed by atoms with E-state index in [1.165, 1.54) is 18.2 Å². The maximum absolute atomic E-state index is 12.0. The van der Waals surface area contributed by atoms with E-state index in [-0.39, 0.29) is 17.2 Å². The van der Waals surface area contributed by atoms with Crippen molar-refractivity contribution in [3.63, 3.8) is 0 Å². The summed E-state index contributed by atoms with van der Waals surface area (Å²) in [5.41, 5.74) is 0.257. The summed E-state index contributed by atoms with van der Waals surface area (Å²) < 4.78 is 0. The number of carbonyl (C=O) groups is 1. The second-order valence-electron chi connectivity index (χ2n) is 5.04. The van der Waals surface area contributed by atoms with Crippen LogP contribution in [-0.4, -0.2) is 23.9 Å². The molecule has 2 N–H and O–H groups in total. The Morgan fingerprint density at radius 2 is 2.19 bits per heavy atom. The number of hydrogen-bond donors (Lipinski definition) is 2. The summed E-state index contributed by atoms with van der Waals surface area (Å²) in [5, 5.41) is 25.6. The van der Waals surface area contributed by atoms with Crippen molar-refractivity contribution < 1.29 is 9.72 Å². The lowest BCUT2D eigenvalue weighted by atomic mass is 9.94. The molecule has 7 heteroatoms. The van der Waals surface area contributed by atoms with E-state index in [1.54, 1.807) is 0 Å². The lowest BCUT2D eigenvalue weighted by Crippen LogP contribution is -2.30. The van der Waals surface area contributed by atoms with E-state index >= 15 is 0 Å². The van der Waals surface area contributed by atoms with E-state index in [2.05, 4.69) is 10.6 Å². The number of non-ortho nitro benzene ring substituents is 1. The van der Waals surface area contributed by atoms with Crippen LogP contribution in [0.2, 0.25) is 0 Å². The minimum absolute atomic E-state index is 0.0999. The highest BCUT2D eigenvalue weighted by atomic mass is 16.6. The first kappa shape index (κ1) is 14.9. The van der Waals surface area contributed by atoms with Crippen molar-refractivity contribution in [3.05, 3.63) is 33.9 Å². The molecular formula is C14H16N4O3. The Morgan fingerprint density at radius 3 is 2.81 bits per heavy atom. The van der Waals surface area contributed by atoms with Crippen LogP contribution in [-0.2, 0) is 4.79 Å². The van der Waals surface area contributed by atoms with Gasteiger partial charge in [-0.2, -0.15) is 5.26 Å². The average molecular weight is 288 g/mol. The monoisotopic (exact) mass is 288 g/mol. The summed E-state index contributed by atoms with van der Waals surface area (Å²) in [5.74, 6) is 0.182. The molecule has 1 heterocycles. The van der Waals surface area contributed by atoms with Crippen LogP contribution < -0.4 is 10.6 Å². The summed E-state index contributed by atoms with van der Waals surface area (Å²) >= 11 is 0. The van der Waals surface area contributed by atoms with E-state index in [0.29, 0.717) is 18.0 Å². The highest BCUT2D eigenvalue weighted by Gasteiger charge is 2.18. The molecule has 1 aliphatic heterocycles. The predicted octanol–water partition coefficient (Wildman–Crippen LogP) is 1.79. The SMILES string of the molecule is N#Cc1cc([N+](=O)[O-])ccc1NC(=O)CC1CCNCC1. The van der Waals surface area contributed by atoms with Crippen molar-refractivity contribution >= 4 is 17.3 Å². The molecule has 0 saturated carbocycles. The molecule has 0 unspecified atom stereocenters. The number of amides is 1. The summed E-state index contributed by atoms with van der Waals surface area (Å²) in [7, 11) is 0. The van der Waals surface area contributed by atoms with Crippen LogP contribution in [0.1, 0.15) is 24.8 Å². The third-order valence-corrected chi connectivity index (χ3v) is 3.54. The Morgan fingerprint density at radius 1 is 1.48 bits per heavy atom. The van der Waals surface area contributed by atoms with Crippen molar-refractivity contribution in [2.45, 2.75) is 19.3 Å². The van der Waals surface area contributed by atoms with E-state index in [4.69, 9.17) is 5.26 Å². The number of nitro groups is 1. The highest BCUT2D eigenvalue weighted by molar-refractivity contribution is 5.92. The van der Waals surface area contributed by atoms with Gasteiger partial charge in [0.2, 0.25) is 5.91 Å². The van der Waals surface area contributed by atoms with Gasteiger partial charge in [0.05, 0.1) is 16.2 Å². The summed E-state index contributed by atoms with van der Waals surface area (Å²) in [6, 6.07) is 5.72. The molecule has 21 heavy (non-hydrogen) atoms. The fraction of sp³-hybridized carbons (Fsp3) is 0.429. The van der Waals surface area contributed by atoms with Gasteiger partial charge in [-0.25, -0.2) is 0 Å². The molecule has 0 spiro atoms. The van der Waals surface area contributed by atoms with Crippen LogP contribution in [0.4, 0.5) is 11.4 Å². The highest BCUT2D eigenvalue weighted by Crippen LogP contribution is 2.23. The number of nitriles is 1. The number of rotatable bonds is 4. The minimum atomic E-state index is -0.568. The average Bonchev–Trinajstić information content (AvgIpc) is 2.48. The van der Waals surface area contributed by atoms with E-state index in [9.17, 15) is 14.9 Å². The summed E-state index contributed by atoms with van der Waals surface area (Å²) in [6.07, 6.45) is 2.32. The van der Waals surface area contributed by atoms with Crippen molar-refractivity contribution in [3.8, 4) is 6.07 Å². The van der Waals surface area contributed by atoms with Gasteiger partial charge < -0.3 is 10.6 Å². The molecule has 1 amide bonds. The number of benzene rings is 1. The molecule has 1 fully saturated rings. The van der Waals surface area contributed by atoms with Gasteiger partial charge in [0.15, 0.2) is 0 Å². The molecule has 1 aromatic carbocycles. The molecule has 7 nitrogen and oxygen atoms in total. The van der Waals surface area contributed by atoms with Crippen LogP contribution in [0, 0.1) is 27.4 Å². The van der Waals surface area contributed by atoms with Gasteiger partial charge in [-0.3, -0.25) is 14.9 Å². The standard InChI is InChI=1S/C14H16N4O3/c15-9-11-8-12(18(20)21)1-2-13(11)17-14(19)7-10-3-5-16-6-4-10/h1-2,8,10,16H,3-7H2,(H,17,19). The Labute approximate surface area is 122 Å². The Kier molecular flexibility index (Phi) is 4.85. The van der Waals surface area contributed by atoms with Crippen molar-refractivity contribution in [2.24, 2.45) is 5.92 Å². The van der Waals surface area contributed by atoms with Gasteiger partial charge in [-0.05, 0) is 37.9 Å². The van der Waals surface area contributed by atoms with Gasteiger partial charge in [0, 0.05) is 18.6 Å². The normalized spacial score (nSPS) is 15.2. The number of nitrogens with one attached hydrogen (secondary N) is 2. The lowest BCUT2D eigenvalue weighted by molar-refractivity contribution is -0.384. The first-order chi connectivity index (χ1) is 10.1. The Hall–Kier alpha value is -2.46. The Balaban J connectivity index is 2.03. The van der Waals surface area contributed by atoms with Gasteiger partial charge in [0.25, 0.3) is 5.69 Å². The summed E-state index contributed by atoms with van der Waals surface area (Å²) in [6.45, 7) is 1.83. The molecule has 1 aromatic rings. The quantitative estimate of drug-likeness (QED) is 0.648. The molecule has 0 radical (unpaired) electrons. The molecule has 1 saturated heterocycles. The number of piperidine rings is 1. The smallest absolute Gasteiger partial charge is 0.270 e. The topological polar surface area (TPSA) is 108 Å². The number of nitro benzene ring substituents is 1. The summed E-state index contributed by atoms with van der Waals surface area (Å²) in [4.78, 5) is 22.1. The van der Waals surface area contributed by atoms with E-state index < -0.39 is 4.92 Å². The number of nitrogens with zero attached hydrogens (tertiary/aromatic N) is 2. The first-order valence-corrected chi connectivity index (χ1v) is 6.79. The zero-order valence-electron chi connectivity index (χ0n) is 11.5. The molecule has 1 aliphatic rings. The van der Waals surface area contributed by atoms with E-state index in [1.807, 2.05) is 6.07 Å². The zero-order valence-corrected chi connectivity index (χ0v) is 11.5. The van der Waals surface area contributed by atoms with Gasteiger partial charge in [-0.15, -0.1) is 0 Å². The van der Waals surface area contributed by atoms with Crippen LogP contribution in [0.3, 0.4) is 0 Å². The molecule has 0 atom stereocenters. The number of hydrogen-bond acceptors (Lipinski definition) is 5. The molecule has 0 aliphatic carbocycles. The first-order valence-electron chi connectivity index (χ1n) is 6.79.